The molecule has 4 aliphatic rings. The van der Waals surface area contributed by atoms with Crippen molar-refractivity contribution in [2.75, 3.05) is 13.7 Å². The van der Waals surface area contributed by atoms with E-state index in [0.29, 0.717) is 48.8 Å². The van der Waals surface area contributed by atoms with Gasteiger partial charge in [-0.3, -0.25) is 4.79 Å². The zero-order chi connectivity index (χ0) is 23.8. The number of nitrogens with one attached hydrogen (secondary N) is 3. The van der Waals surface area contributed by atoms with Gasteiger partial charge in [0.2, 0.25) is 5.88 Å². The van der Waals surface area contributed by atoms with Crippen LogP contribution in [0.3, 0.4) is 0 Å². The second-order valence-electron chi connectivity index (χ2n) is 11.6. The van der Waals surface area contributed by atoms with Gasteiger partial charge in [0.15, 0.2) is 0 Å². The van der Waals surface area contributed by atoms with E-state index in [4.69, 9.17) is 4.74 Å². The molecule has 4 fully saturated rings. The maximum atomic E-state index is 13.4. The van der Waals surface area contributed by atoms with Crippen molar-refractivity contribution in [3.8, 4) is 5.88 Å². The second kappa shape index (κ2) is 9.55. The first-order chi connectivity index (χ1) is 15.6. The quantitative estimate of drug-likeness (QED) is 0.526. The molecule has 3 N–H and O–H groups in total. The monoisotopic (exact) mass is 459 g/mol. The van der Waals surface area contributed by atoms with Crippen molar-refractivity contribution in [2.45, 2.75) is 84.3 Å². The maximum absolute atomic E-state index is 13.4. The molecule has 8 nitrogen and oxygen atoms in total. The molecule has 4 aliphatic carbocycles. The van der Waals surface area contributed by atoms with Gasteiger partial charge >= 0.3 is 6.03 Å². The molecule has 4 saturated carbocycles. The van der Waals surface area contributed by atoms with Crippen molar-refractivity contribution in [1.82, 2.24) is 25.7 Å². The Labute approximate surface area is 197 Å². The Balaban J connectivity index is 1.46. The van der Waals surface area contributed by atoms with Crippen LogP contribution in [-0.2, 0) is 6.54 Å². The number of rotatable bonds is 9. The van der Waals surface area contributed by atoms with Crippen molar-refractivity contribution < 1.29 is 14.3 Å². The largest absolute Gasteiger partial charge is 0.477 e. The number of ether oxygens (including phenoxy) is 1. The van der Waals surface area contributed by atoms with Crippen LogP contribution in [0.2, 0.25) is 0 Å². The molecule has 3 amide bonds. The van der Waals surface area contributed by atoms with Gasteiger partial charge in [-0.05, 0) is 82.0 Å². The van der Waals surface area contributed by atoms with Crippen LogP contribution in [0.5, 0.6) is 5.88 Å². The third-order valence-electron chi connectivity index (χ3n) is 7.74. The number of aryl methyl sites for hydroxylation is 1. The zero-order valence-corrected chi connectivity index (χ0v) is 20.8. The van der Waals surface area contributed by atoms with Crippen LogP contribution in [0.25, 0.3) is 0 Å². The van der Waals surface area contributed by atoms with E-state index in [2.05, 4.69) is 34.9 Å². The van der Waals surface area contributed by atoms with E-state index in [-0.39, 0.29) is 18.0 Å². The van der Waals surface area contributed by atoms with Gasteiger partial charge in [-0.2, -0.15) is 5.10 Å². The lowest BCUT2D eigenvalue weighted by molar-refractivity contribution is -0.0120. The van der Waals surface area contributed by atoms with Gasteiger partial charge in [-0.1, -0.05) is 13.8 Å². The van der Waals surface area contributed by atoms with Gasteiger partial charge in [-0.15, -0.1) is 0 Å². The molecular formula is C25H41N5O3. The fourth-order valence-electron chi connectivity index (χ4n) is 6.29. The highest BCUT2D eigenvalue weighted by Crippen LogP contribution is 2.53. The third kappa shape index (κ3) is 5.46. The molecule has 4 bridgehead atoms. The molecule has 0 atom stereocenters. The van der Waals surface area contributed by atoms with E-state index < -0.39 is 5.54 Å². The molecular weight excluding hydrogens is 418 g/mol. The SMILES string of the molecule is CNC(=O)NC(C)(C)CCn1ncc(C(=O)NC2C3CC4CC(C3)CC2C4)c1OCC(C)C. The maximum Gasteiger partial charge on any atom is 0.314 e. The molecule has 0 aromatic carbocycles. The van der Waals surface area contributed by atoms with E-state index in [0.717, 1.165) is 11.8 Å². The topological polar surface area (TPSA) is 97.3 Å². The fourth-order valence-corrected chi connectivity index (χ4v) is 6.29. The van der Waals surface area contributed by atoms with Crippen LogP contribution in [0, 0.1) is 29.6 Å². The first-order valence-corrected chi connectivity index (χ1v) is 12.6. The van der Waals surface area contributed by atoms with Crippen LogP contribution < -0.4 is 20.7 Å². The van der Waals surface area contributed by atoms with Gasteiger partial charge in [-0.25, -0.2) is 9.48 Å². The molecule has 1 heterocycles. The molecule has 0 unspecified atom stereocenters. The lowest BCUT2D eigenvalue weighted by atomic mass is 9.54. The van der Waals surface area contributed by atoms with Crippen LogP contribution in [0.15, 0.2) is 6.20 Å². The van der Waals surface area contributed by atoms with Gasteiger partial charge in [0.25, 0.3) is 5.91 Å². The highest BCUT2D eigenvalue weighted by molar-refractivity contribution is 5.96. The Morgan fingerprint density at radius 3 is 2.36 bits per heavy atom. The first-order valence-electron chi connectivity index (χ1n) is 12.6. The Bertz CT molecular complexity index is 834. The molecule has 184 valence electrons. The summed E-state index contributed by atoms with van der Waals surface area (Å²) in [7, 11) is 1.60. The number of carbonyl (C=O) groups excluding carboxylic acids is 2. The molecule has 0 spiro atoms. The number of urea groups is 1. The van der Waals surface area contributed by atoms with E-state index in [1.165, 1.54) is 32.1 Å². The highest BCUT2D eigenvalue weighted by Gasteiger charge is 2.48. The second-order valence-corrected chi connectivity index (χ2v) is 11.6. The normalized spacial score (nSPS) is 28.1. The predicted molar refractivity (Wildman–Crippen MR) is 127 cm³/mol. The van der Waals surface area contributed by atoms with Crippen molar-refractivity contribution in [2.24, 2.45) is 29.6 Å². The van der Waals surface area contributed by atoms with Crippen LogP contribution in [0.1, 0.15) is 76.6 Å². The molecule has 0 radical (unpaired) electrons. The standard InChI is InChI=1S/C25H41N5O3/c1-15(2)14-33-23-20(13-27-30(23)7-6-25(3,4)29-24(32)26-5)22(31)28-21-18-9-16-8-17(11-18)12-19(21)10-16/h13,15-19,21H,6-12,14H2,1-5H3,(H,28,31)(H2,26,29,32). The molecule has 8 heteroatoms. The summed E-state index contributed by atoms with van der Waals surface area (Å²) in [6.45, 7) is 9.18. The minimum Gasteiger partial charge on any atom is -0.477 e. The summed E-state index contributed by atoms with van der Waals surface area (Å²) in [5, 5.41) is 13.4. The predicted octanol–water partition coefficient (Wildman–Crippen LogP) is 3.57. The van der Waals surface area contributed by atoms with E-state index in [1.807, 2.05) is 13.8 Å². The van der Waals surface area contributed by atoms with Gasteiger partial charge in [0.1, 0.15) is 5.56 Å². The molecule has 0 saturated heterocycles. The van der Waals surface area contributed by atoms with Crippen LogP contribution in [0.4, 0.5) is 4.79 Å². The molecule has 0 aliphatic heterocycles. The lowest BCUT2D eigenvalue weighted by Gasteiger charge is -2.54. The third-order valence-corrected chi connectivity index (χ3v) is 7.74. The number of carbonyl (C=O) groups is 2. The van der Waals surface area contributed by atoms with Crippen LogP contribution in [-0.4, -0.2) is 47.0 Å². The summed E-state index contributed by atoms with van der Waals surface area (Å²) < 4.78 is 7.87. The summed E-state index contributed by atoms with van der Waals surface area (Å²) in [6, 6.07) is 0.0646. The highest BCUT2D eigenvalue weighted by atomic mass is 16.5. The van der Waals surface area contributed by atoms with E-state index >= 15 is 0 Å². The lowest BCUT2D eigenvalue weighted by Crippen LogP contribution is -2.55. The summed E-state index contributed by atoms with van der Waals surface area (Å²) in [5.41, 5.74) is 0.0889. The molecule has 5 rings (SSSR count). The smallest absolute Gasteiger partial charge is 0.314 e. The Kier molecular flexibility index (Phi) is 6.91. The van der Waals surface area contributed by atoms with Gasteiger partial charge in [0, 0.05) is 25.2 Å². The number of hydrogen-bond donors (Lipinski definition) is 3. The van der Waals surface area contributed by atoms with Crippen LogP contribution >= 0.6 is 0 Å². The first kappa shape index (κ1) is 23.9. The number of amides is 3. The summed E-state index contributed by atoms with van der Waals surface area (Å²) in [6.07, 6.45) is 8.75. The number of aromatic nitrogens is 2. The van der Waals surface area contributed by atoms with Crippen molar-refractivity contribution in [3.63, 3.8) is 0 Å². The minimum atomic E-state index is -0.426. The average Bonchev–Trinajstić information content (AvgIpc) is 3.15. The average molecular weight is 460 g/mol. The zero-order valence-electron chi connectivity index (χ0n) is 20.8. The summed E-state index contributed by atoms with van der Waals surface area (Å²) in [4.78, 5) is 25.1. The van der Waals surface area contributed by atoms with E-state index in [9.17, 15) is 9.59 Å². The summed E-state index contributed by atoms with van der Waals surface area (Å²) in [5.74, 6) is 3.79. The Morgan fingerprint density at radius 2 is 1.79 bits per heavy atom. The van der Waals surface area contributed by atoms with Crippen molar-refractivity contribution in [1.29, 1.82) is 0 Å². The number of hydrogen-bond acceptors (Lipinski definition) is 4. The van der Waals surface area contributed by atoms with E-state index in [1.54, 1.807) is 17.9 Å². The minimum absolute atomic E-state index is 0.0692. The Morgan fingerprint density at radius 1 is 1.15 bits per heavy atom. The molecule has 1 aromatic heterocycles. The fraction of sp³-hybridized carbons (Fsp3) is 0.800. The summed E-state index contributed by atoms with van der Waals surface area (Å²) >= 11 is 0. The molecule has 1 aromatic rings. The van der Waals surface area contributed by atoms with Gasteiger partial charge < -0.3 is 20.7 Å². The number of nitrogens with zero attached hydrogens (tertiary/aromatic N) is 2. The van der Waals surface area contributed by atoms with Gasteiger partial charge in [0.05, 0.1) is 12.8 Å². The van der Waals surface area contributed by atoms with Crippen molar-refractivity contribution in [3.05, 3.63) is 11.8 Å². The molecule has 33 heavy (non-hydrogen) atoms. The Hall–Kier alpha value is -2.25. The van der Waals surface area contributed by atoms with Crippen molar-refractivity contribution >= 4 is 11.9 Å².